The average Bonchev–Trinajstić information content (AvgIpc) is 3.27. The lowest BCUT2D eigenvalue weighted by Crippen LogP contribution is -2.41. The van der Waals surface area contributed by atoms with Crippen LogP contribution in [0.1, 0.15) is 25.7 Å². The molecule has 1 aromatic rings. The van der Waals surface area contributed by atoms with Crippen molar-refractivity contribution in [3.05, 3.63) is 29.8 Å². The summed E-state index contributed by atoms with van der Waals surface area (Å²) >= 11 is 0. The fourth-order valence-electron chi connectivity index (χ4n) is 2.15. The SMILES string of the molecule is NCC(NC(=O)CCCOc1ccc(F)cc1F)C1CC1. The summed E-state index contributed by atoms with van der Waals surface area (Å²) in [5.41, 5.74) is 5.61. The summed E-state index contributed by atoms with van der Waals surface area (Å²) in [4.78, 5) is 11.7. The van der Waals surface area contributed by atoms with Crippen molar-refractivity contribution in [3.8, 4) is 5.75 Å². The monoisotopic (exact) mass is 298 g/mol. The van der Waals surface area contributed by atoms with Crippen molar-refractivity contribution in [1.82, 2.24) is 5.32 Å². The molecule has 3 N–H and O–H groups in total. The molecule has 1 aromatic carbocycles. The Labute approximate surface area is 122 Å². The van der Waals surface area contributed by atoms with Crippen LogP contribution in [0.4, 0.5) is 8.78 Å². The van der Waals surface area contributed by atoms with Crippen LogP contribution in [0.2, 0.25) is 0 Å². The Bertz CT molecular complexity index is 493. The number of ether oxygens (including phenoxy) is 1. The quantitative estimate of drug-likeness (QED) is 0.721. The highest BCUT2D eigenvalue weighted by molar-refractivity contribution is 5.76. The summed E-state index contributed by atoms with van der Waals surface area (Å²) in [5.74, 6) is -0.942. The molecule has 1 aliphatic carbocycles. The van der Waals surface area contributed by atoms with Crippen molar-refractivity contribution in [1.29, 1.82) is 0 Å². The van der Waals surface area contributed by atoms with E-state index in [-0.39, 0.29) is 24.3 Å². The van der Waals surface area contributed by atoms with Gasteiger partial charge in [0, 0.05) is 25.1 Å². The molecule has 2 rings (SSSR count). The molecule has 1 unspecified atom stereocenters. The third-order valence-electron chi connectivity index (χ3n) is 3.49. The maximum Gasteiger partial charge on any atom is 0.220 e. The Balaban J connectivity index is 1.65. The zero-order chi connectivity index (χ0) is 15.2. The molecule has 0 radical (unpaired) electrons. The fourth-order valence-corrected chi connectivity index (χ4v) is 2.15. The van der Waals surface area contributed by atoms with E-state index >= 15 is 0 Å². The van der Waals surface area contributed by atoms with Gasteiger partial charge < -0.3 is 15.8 Å². The zero-order valence-corrected chi connectivity index (χ0v) is 11.8. The molecule has 1 aliphatic rings. The third kappa shape index (κ3) is 4.97. The summed E-state index contributed by atoms with van der Waals surface area (Å²) in [5, 5.41) is 2.90. The lowest BCUT2D eigenvalue weighted by molar-refractivity contribution is -0.122. The van der Waals surface area contributed by atoms with E-state index in [1.54, 1.807) is 0 Å². The summed E-state index contributed by atoms with van der Waals surface area (Å²) in [6.07, 6.45) is 3.00. The Morgan fingerprint density at radius 1 is 1.43 bits per heavy atom. The van der Waals surface area contributed by atoms with E-state index in [0.29, 0.717) is 25.3 Å². The number of hydrogen-bond donors (Lipinski definition) is 2. The smallest absolute Gasteiger partial charge is 0.220 e. The van der Waals surface area contributed by atoms with Gasteiger partial charge in [-0.25, -0.2) is 8.78 Å². The number of rotatable bonds is 8. The molecule has 1 atom stereocenters. The first kappa shape index (κ1) is 15.7. The van der Waals surface area contributed by atoms with Gasteiger partial charge in [-0.3, -0.25) is 4.79 Å². The van der Waals surface area contributed by atoms with E-state index in [2.05, 4.69) is 5.32 Å². The minimum Gasteiger partial charge on any atom is -0.491 e. The van der Waals surface area contributed by atoms with Crippen molar-refractivity contribution in [3.63, 3.8) is 0 Å². The molecule has 21 heavy (non-hydrogen) atoms. The molecule has 1 amide bonds. The second kappa shape index (κ2) is 7.36. The standard InChI is InChI=1S/C15H20F2N2O2/c16-11-5-6-14(12(17)8-11)21-7-1-2-15(20)19-13(9-18)10-3-4-10/h5-6,8,10,13H,1-4,7,9,18H2,(H,19,20). The summed E-state index contributed by atoms with van der Waals surface area (Å²) in [6, 6.07) is 3.20. The number of nitrogens with one attached hydrogen (secondary N) is 1. The first-order chi connectivity index (χ1) is 10.1. The molecular formula is C15H20F2N2O2. The number of carbonyl (C=O) groups excluding carboxylic acids is 1. The van der Waals surface area contributed by atoms with Crippen molar-refractivity contribution < 1.29 is 18.3 Å². The van der Waals surface area contributed by atoms with Gasteiger partial charge in [0.1, 0.15) is 5.82 Å². The predicted octanol–water partition coefficient (Wildman–Crippen LogP) is 1.98. The Morgan fingerprint density at radius 2 is 2.19 bits per heavy atom. The van der Waals surface area contributed by atoms with Gasteiger partial charge in [-0.15, -0.1) is 0 Å². The molecular weight excluding hydrogens is 278 g/mol. The topological polar surface area (TPSA) is 64.3 Å². The van der Waals surface area contributed by atoms with Gasteiger partial charge in [0.2, 0.25) is 5.91 Å². The maximum atomic E-state index is 13.3. The first-order valence-corrected chi connectivity index (χ1v) is 7.17. The number of halogens is 2. The van der Waals surface area contributed by atoms with Gasteiger partial charge in [-0.2, -0.15) is 0 Å². The lowest BCUT2D eigenvalue weighted by Gasteiger charge is -2.16. The third-order valence-corrected chi connectivity index (χ3v) is 3.49. The normalized spacial score (nSPS) is 15.6. The van der Waals surface area contributed by atoms with Crippen LogP contribution >= 0.6 is 0 Å². The highest BCUT2D eigenvalue weighted by Gasteiger charge is 2.30. The highest BCUT2D eigenvalue weighted by Crippen LogP contribution is 2.32. The van der Waals surface area contributed by atoms with Gasteiger partial charge >= 0.3 is 0 Å². The largest absolute Gasteiger partial charge is 0.491 e. The molecule has 0 bridgehead atoms. The van der Waals surface area contributed by atoms with Crippen molar-refractivity contribution in [2.75, 3.05) is 13.2 Å². The lowest BCUT2D eigenvalue weighted by atomic mass is 10.2. The van der Waals surface area contributed by atoms with Crippen LogP contribution in [0.3, 0.4) is 0 Å². The molecule has 1 saturated carbocycles. The van der Waals surface area contributed by atoms with Crippen LogP contribution in [0.15, 0.2) is 18.2 Å². The summed E-state index contributed by atoms with van der Waals surface area (Å²) < 4.78 is 31.2. The van der Waals surface area contributed by atoms with E-state index in [1.165, 1.54) is 6.07 Å². The van der Waals surface area contributed by atoms with Gasteiger partial charge in [-0.1, -0.05) is 0 Å². The maximum absolute atomic E-state index is 13.3. The van der Waals surface area contributed by atoms with E-state index < -0.39 is 11.6 Å². The summed E-state index contributed by atoms with van der Waals surface area (Å²) in [6.45, 7) is 0.653. The van der Waals surface area contributed by atoms with Gasteiger partial charge in [-0.05, 0) is 37.3 Å². The van der Waals surface area contributed by atoms with Crippen LogP contribution in [-0.4, -0.2) is 25.1 Å². The molecule has 0 saturated heterocycles. The van der Waals surface area contributed by atoms with Crippen LogP contribution < -0.4 is 15.8 Å². The molecule has 0 spiro atoms. The number of carbonyl (C=O) groups is 1. The number of amides is 1. The summed E-state index contributed by atoms with van der Waals surface area (Å²) in [7, 11) is 0. The molecule has 0 heterocycles. The van der Waals surface area contributed by atoms with Gasteiger partial charge in [0.15, 0.2) is 11.6 Å². The molecule has 4 nitrogen and oxygen atoms in total. The number of nitrogens with two attached hydrogens (primary N) is 1. The van der Waals surface area contributed by atoms with Crippen LogP contribution in [0.5, 0.6) is 5.75 Å². The Morgan fingerprint density at radius 3 is 2.81 bits per heavy atom. The number of benzene rings is 1. The number of hydrogen-bond acceptors (Lipinski definition) is 3. The minimum absolute atomic E-state index is 0.00498. The first-order valence-electron chi connectivity index (χ1n) is 7.17. The Kier molecular flexibility index (Phi) is 5.50. The minimum atomic E-state index is -0.739. The van der Waals surface area contributed by atoms with E-state index in [9.17, 15) is 13.6 Å². The zero-order valence-electron chi connectivity index (χ0n) is 11.8. The molecule has 0 aromatic heterocycles. The fraction of sp³-hybridized carbons (Fsp3) is 0.533. The van der Waals surface area contributed by atoms with Gasteiger partial charge in [0.05, 0.1) is 6.61 Å². The van der Waals surface area contributed by atoms with Crippen LogP contribution in [-0.2, 0) is 4.79 Å². The van der Waals surface area contributed by atoms with Crippen LogP contribution in [0.25, 0.3) is 0 Å². The van der Waals surface area contributed by atoms with Crippen molar-refractivity contribution in [2.45, 2.75) is 31.7 Å². The average molecular weight is 298 g/mol. The van der Waals surface area contributed by atoms with E-state index in [0.717, 1.165) is 25.0 Å². The van der Waals surface area contributed by atoms with Crippen LogP contribution in [0, 0.1) is 17.6 Å². The second-order valence-corrected chi connectivity index (χ2v) is 5.27. The molecule has 0 aliphatic heterocycles. The molecule has 116 valence electrons. The van der Waals surface area contributed by atoms with E-state index in [4.69, 9.17) is 10.5 Å². The van der Waals surface area contributed by atoms with Crippen molar-refractivity contribution >= 4 is 5.91 Å². The predicted molar refractivity (Wildman–Crippen MR) is 74.8 cm³/mol. The Hall–Kier alpha value is -1.69. The van der Waals surface area contributed by atoms with Crippen molar-refractivity contribution in [2.24, 2.45) is 11.7 Å². The highest BCUT2D eigenvalue weighted by atomic mass is 19.1. The molecule has 6 heteroatoms. The molecule has 1 fully saturated rings. The van der Waals surface area contributed by atoms with Gasteiger partial charge in [0.25, 0.3) is 0 Å². The second-order valence-electron chi connectivity index (χ2n) is 5.27. The van der Waals surface area contributed by atoms with E-state index in [1.807, 2.05) is 0 Å².